The van der Waals surface area contributed by atoms with Gasteiger partial charge in [-0.2, -0.15) is 5.10 Å². The third kappa shape index (κ3) is 4.79. The normalized spacial score (nSPS) is 11.0. The summed E-state index contributed by atoms with van der Waals surface area (Å²) < 4.78 is 8.99. The predicted molar refractivity (Wildman–Crippen MR) is 130 cm³/mol. The summed E-state index contributed by atoms with van der Waals surface area (Å²) in [6.45, 7) is 7.85. The van der Waals surface area contributed by atoms with Crippen molar-refractivity contribution in [3.05, 3.63) is 99.2 Å². The van der Waals surface area contributed by atoms with Crippen LogP contribution >= 0.6 is 11.6 Å². The predicted octanol–water partition coefficient (Wildman–Crippen LogP) is 5.04. The van der Waals surface area contributed by atoms with Crippen molar-refractivity contribution in [1.29, 1.82) is 0 Å². The van der Waals surface area contributed by atoms with E-state index in [1.165, 1.54) is 0 Å². The molecule has 3 aromatic heterocycles. The average molecular weight is 477 g/mol. The van der Waals surface area contributed by atoms with Gasteiger partial charge in [0, 0.05) is 29.2 Å². The molecule has 1 aromatic carbocycles. The van der Waals surface area contributed by atoms with Crippen LogP contribution in [0.4, 0.5) is 0 Å². The maximum Gasteiger partial charge on any atom is 0.359 e. The molecule has 0 bridgehead atoms. The van der Waals surface area contributed by atoms with Crippen LogP contribution in [-0.2, 0) is 11.3 Å². The van der Waals surface area contributed by atoms with E-state index in [1.807, 2.05) is 70.2 Å². The first-order valence-electron chi connectivity index (χ1n) is 10.9. The zero-order valence-corrected chi connectivity index (χ0v) is 20.3. The number of ether oxygens (including phenoxy) is 1. The molecule has 4 aromatic rings. The number of aryl methyl sites for hydroxylation is 3. The van der Waals surface area contributed by atoms with E-state index in [9.17, 15) is 9.59 Å². The van der Waals surface area contributed by atoms with Gasteiger partial charge in [0.2, 0.25) is 5.78 Å². The van der Waals surface area contributed by atoms with Crippen LogP contribution in [0.5, 0.6) is 0 Å². The minimum Gasteiger partial charge on any atom is -0.453 e. The summed E-state index contributed by atoms with van der Waals surface area (Å²) in [6, 6.07) is 17.0. The second-order valence-corrected chi connectivity index (χ2v) is 8.60. The fourth-order valence-electron chi connectivity index (χ4n) is 3.92. The van der Waals surface area contributed by atoms with E-state index in [0.29, 0.717) is 17.9 Å². The number of ketones is 1. The standard InChI is InChI=1S/C26H25ClN4O3/c1-16-12-18(3)31(29-16)24-11-10-22(27)25(28-24)26(33)34-15-23(32)21-13-17(2)30(19(21)4)14-20-8-6-5-7-9-20/h5-13H,14-15H2,1-4H3. The largest absolute Gasteiger partial charge is 0.453 e. The smallest absolute Gasteiger partial charge is 0.359 e. The molecule has 0 unspecified atom stereocenters. The topological polar surface area (TPSA) is 79.0 Å². The highest BCUT2D eigenvalue weighted by atomic mass is 35.5. The van der Waals surface area contributed by atoms with Crippen LogP contribution in [-0.4, -0.2) is 37.7 Å². The summed E-state index contributed by atoms with van der Waals surface area (Å²) in [5, 5.41) is 4.52. The fourth-order valence-corrected chi connectivity index (χ4v) is 4.11. The number of rotatable bonds is 7. The Morgan fingerprint density at radius 2 is 1.71 bits per heavy atom. The zero-order chi connectivity index (χ0) is 24.4. The van der Waals surface area contributed by atoms with Gasteiger partial charge in [0.1, 0.15) is 0 Å². The lowest BCUT2D eigenvalue weighted by atomic mass is 10.1. The molecule has 34 heavy (non-hydrogen) atoms. The molecule has 0 radical (unpaired) electrons. The lowest BCUT2D eigenvalue weighted by Gasteiger charge is -2.10. The Bertz CT molecular complexity index is 1370. The van der Waals surface area contributed by atoms with Crippen molar-refractivity contribution in [1.82, 2.24) is 19.3 Å². The molecule has 0 atom stereocenters. The number of esters is 1. The summed E-state index contributed by atoms with van der Waals surface area (Å²) in [5.41, 5.74) is 5.08. The van der Waals surface area contributed by atoms with Crippen LogP contribution in [0.15, 0.2) is 54.6 Å². The SMILES string of the molecule is Cc1cc(C)n(-c2ccc(Cl)c(C(=O)OCC(=O)c3cc(C)n(Cc4ccccc4)c3C)n2)n1. The van der Waals surface area contributed by atoms with Crippen molar-refractivity contribution in [2.24, 2.45) is 0 Å². The van der Waals surface area contributed by atoms with Crippen LogP contribution in [0.25, 0.3) is 5.82 Å². The van der Waals surface area contributed by atoms with Crippen molar-refractivity contribution in [3.8, 4) is 5.82 Å². The van der Waals surface area contributed by atoms with Crippen molar-refractivity contribution >= 4 is 23.4 Å². The Balaban J connectivity index is 1.48. The van der Waals surface area contributed by atoms with Gasteiger partial charge in [-0.05, 0) is 57.5 Å². The second kappa shape index (κ2) is 9.65. The Morgan fingerprint density at radius 1 is 0.971 bits per heavy atom. The molecule has 0 saturated carbocycles. The zero-order valence-electron chi connectivity index (χ0n) is 19.5. The highest BCUT2D eigenvalue weighted by Gasteiger charge is 2.21. The molecule has 0 aliphatic carbocycles. The number of hydrogen-bond donors (Lipinski definition) is 0. The first-order valence-corrected chi connectivity index (χ1v) is 11.2. The molecule has 0 fully saturated rings. The quantitative estimate of drug-likeness (QED) is 0.275. The van der Waals surface area contributed by atoms with E-state index in [-0.39, 0.29) is 16.5 Å². The molecule has 0 aliphatic heterocycles. The summed E-state index contributed by atoms with van der Waals surface area (Å²) >= 11 is 6.20. The molecular formula is C26H25ClN4O3. The highest BCUT2D eigenvalue weighted by molar-refractivity contribution is 6.33. The minimum absolute atomic E-state index is 0.0610. The van der Waals surface area contributed by atoms with E-state index in [4.69, 9.17) is 16.3 Å². The van der Waals surface area contributed by atoms with Gasteiger partial charge >= 0.3 is 5.97 Å². The average Bonchev–Trinajstić information content (AvgIpc) is 3.30. The van der Waals surface area contributed by atoms with Gasteiger partial charge in [0.15, 0.2) is 18.1 Å². The summed E-state index contributed by atoms with van der Waals surface area (Å²) in [6.07, 6.45) is 0. The molecular weight excluding hydrogens is 452 g/mol. The van der Waals surface area contributed by atoms with Crippen LogP contribution in [0.1, 0.15) is 49.2 Å². The molecule has 8 heteroatoms. The highest BCUT2D eigenvalue weighted by Crippen LogP contribution is 2.20. The van der Waals surface area contributed by atoms with Gasteiger partial charge in [0.25, 0.3) is 0 Å². The number of benzene rings is 1. The molecule has 4 rings (SSSR count). The number of nitrogens with zero attached hydrogens (tertiary/aromatic N) is 4. The van der Waals surface area contributed by atoms with E-state index >= 15 is 0 Å². The number of pyridine rings is 1. The maximum atomic E-state index is 12.9. The van der Waals surface area contributed by atoms with Crippen LogP contribution in [0.3, 0.4) is 0 Å². The van der Waals surface area contributed by atoms with Gasteiger partial charge in [-0.15, -0.1) is 0 Å². The van der Waals surface area contributed by atoms with Crippen molar-refractivity contribution in [2.75, 3.05) is 6.61 Å². The summed E-state index contributed by atoms with van der Waals surface area (Å²) in [4.78, 5) is 29.9. The molecule has 7 nitrogen and oxygen atoms in total. The van der Waals surface area contributed by atoms with Crippen molar-refractivity contribution < 1.29 is 14.3 Å². The van der Waals surface area contributed by atoms with Crippen molar-refractivity contribution in [3.63, 3.8) is 0 Å². The van der Waals surface area contributed by atoms with E-state index in [2.05, 4.69) is 14.6 Å². The number of Topliss-reactive ketones (excluding diaryl/α,β-unsaturated/α-hetero) is 1. The number of hydrogen-bond acceptors (Lipinski definition) is 5. The first-order chi connectivity index (χ1) is 16.2. The Labute approximate surface area is 203 Å². The Morgan fingerprint density at radius 3 is 2.38 bits per heavy atom. The summed E-state index contributed by atoms with van der Waals surface area (Å²) in [5.74, 6) is -0.607. The van der Waals surface area contributed by atoms with Gasteiger partial charge in [0.05, 0.1) is 10.7 Å². The number of halogens is 1. The Hall–Kier alpha value is -3.71. The lowest BCUT2D eigenvalue weighted by Crippen LogP contribution is -2.17. The molecule has 174 valence electrons. The Kier molecular flexibility index (Phi) is 6.65. The van der Waals surface area contributed by atoms with Gasteiger partial charge in [-0.3, -0.25) is 4.79 Å². The third-order valence-corrected chi connectivity index (χ3v) is 5.95. The minimum atomic E-state index is -0.764. The monoisotopic (exact) mass is 476 g/mol. The van der Waals surface area contributed by atoms with Gasteiger partial charge < -0.3 is 9.30 Å². The second-order valence-electron chi connectivity index (χ2n) is 8.19. The molecule has 0 amide bonds. The molecule has 3 heterocycles. The van der Waals surface area contributed by atoms with Crippen LogP contribution < -0.4 is 0 Å². The number of aromatic nitrogens is 4. The van der Waals surface area contributed by atoms with Crippen molar-refractivity contribution in [2.45, 2.75) is 34.2 Å². The van der Waals surface area contributed by atoms with Gasteiger partial charge in [-0.1, -0.05) is 41.9 Å². The molecule has 0 saturated heterocycles. The van der Waals surface area contributed by atoms with Crippen LogP contribution in [0, 0.1) is 27.7 Å². The molecule has 0 aliphatic rings. The van der Waals surface area contributed by atoms with E-state index in [1.54, 1.807) is 16.8 Å². The number of carbonyl (C=O) groups excluding carboxylic acids is 2. The van der Waals surface area contributed by atoms with Gasteiger partial charge in [-0.25, -0.2) is 14.5 Å². The number of carbonyl (C=O) groups is 2. The van der Waals surface area contributed by atoms with E-state index in [0.717, 1.165) is 28.3 Å². The molecule has 0 N–H and O–H groups in total. The molecule has 0 spiro atoms. The fraction of sp³-hybridized carbons (Fsp3) is 0.231. The lowest BCUT2D eigenvalue weighted by molar-refractivity contribution is 0.0469. The first kappa shape index (κ1) is 23.4. The van der Waals surface area contributed by atoms with Crippen LogP contribution in [0.2, 0.25) is 5.02 Å². The maximum absolute atomic E-state index is 12.9. The summed E-state index contributed by atoms with van der Waals surface area (Å²) in [7, 11) is 0. The van der Waals surface area contributed by atoms with E-state index < -0.39 is 12.6 Å². The third-order valence-electron chi connectivity index (χ3n) is 5.64.